The van der Waals surface area contributed by atoms with Crippen LogP contribution in [0.1, 0.15) is 40.2 Å². The van der Waals surface area contributed by atoms with Crippen LogP contribution in [0.25, 0.3) is 0 Å². The van der Waals surface area contributed by atoms with Gasteiger partial charge in [0.05, 0.1) is 5.56 Å². The Morgan fingerprint density at radius 2 is 1.90 bits per heavy atom. The molecule has 0 fully saturated rings. The van der Waals surface area contributed by atoms with Crippen molar-refractivity contribution in [1.29, 1.82) is 0 Å². The molecule has 5 nitrogen and oxygen atoms in total. The van der Waals surface area contributed by atoms with Gasteiger partial charge in [-0.15, -0.1) is 0 Å². The highest BCUT2D eigenvalue weighted by Crippen LogP contribution is 2.36. The van der Waals surface area contributed by atoms with Gasteiger partial charge in [0.2, 0.25) is 5.91 Å². The Kier molecular flexibility index (Phi) is 5.24. The molecule has 3 aromatic rings. The van der Waals surface area contributed by atoms with Gasteiger partial charge in [-0.05, 0) is 42.7 Å². The van der Waals surface area contributed by atoms with Crippen LogP contribution in [-0.4, -0.2) is 15.9 Å². The SMILES string of the molecule is Cc1ccc(C2CC(=O)Nc3nc(SCc4ccc(F)cc4)[nH]c(=O)c32)c(C)c1. The lowest BCUT2D eigenvalue weighted by Gasteiger charge is -2.25. The maximum absolute atomic E-state index is 13.0. The summed E-state index contributed by atoms with van der Waals surface area (Å²) < 4.78 is 13.0. The summed E-state index contributed by atoms with van der Waals surface area (Å²) in [5, 5.41) is 3.16. The normalized spacial score (nSPS) is 15.7. The van der Waals surface area contributed by atoms with Gasteiger partial charge in [0.15, 0.2) is 5.16 Å². The first-order valence-electron chi connectivity index (χ1n) is 9.29. The van der Waals surface area contributed by atoms with Gasteiger partial charge in [-0.1, -0.05) is 47.7 Å². The first-order valence-corrected chi connectivity index (χ1v) is 10.3. The number of rotatable bonds is 4. The van der Waals surface area contributed by atoms with Crippen molar-refractivity contribution in [2.75, 3.05) is 5.32 Å². The number of benzene rings is 2. The van der Waals surface area contributed by atoms with Crippen molar-refractivity contribution in [1.82, 2.24) is 9.97 Å². The van der Waals surface area contributed by atoms with E-state index < -0.39 is 0 Å². The van der Waals surface area contributed by atoms with E-state index >= 15 is 0 Å². The van der Waals surface area contributed by atoms with E-state index in [0.29, 0.717) is 22.3 Å². The number of hydrogen-bond acceptors (Lipinski definition) is 4. The van der Waals surface area contributed by atoms with Crippen molar-refractivity contribution < 1.29 is 9.18 Å². The van der Waals surface area contributed by atoms with Gasteiger partial charge in [-0.2, -0.15) is 0 Å². The monoisotopic (exact) mass is 409 g/mol. The summed E-state index contributed by atoms with van der Waals surface area (Å²) in [5.74, 6) is 0.0637. The highest BCUT2D eigenvalue weighted by atomic mass is 32.2. The molecular weight excluding hydrogens is 389 g/mol. The van der Waals surface area contributed by atoms with Gasteiger partial charge in [0, 0.05) is 18.1 Å². The zero-order chi connectivity index (χ0) is 20.5. The molecule has 2 heterocycles. The number of aryl methyl sites for hydroxylation is 2. The first-order chi connectivity index (χ1) is 13.9. The molecule has 4 rings (SSSR count). The fraction of sp³-hybridized carbons (Fsp3) is 0.227. The lowest BCUT2D eigenvalue weighted by atomic mass is 9.84. The van der Waals surface area contributed by atoms with E-state index in [1.807, 2.05) is 26.0 Å². The summed E-state index contributed by atoms with van der Waals surface area (Å²) in [7, 11) is 0. The van der Waals surface area contributed by atoms with Crippen LogP contribution in [0, 0.1) is 19.7 Å². The molecule has 7 heteroatoms. The molecular formula is C22H20FN3O2S. The first kappa shape index (κ1) is 19.4. The molecule has 0 bridgehead atoms. The number of aromatic nitrogens is 2. The molecule has 148 valence electrons. The van der Waals surface area contributed by atoms with E-state index in [1.165, 1.54) is 23.9 Å². The second-order valence-electron chi connectivity index (χ2n) is 7.21. The molecule has 1 amide bonds. The Morgan fingerprint density at radius 3 is 2.62 bits per heavy atom. The average Bonchev–Trinajstić information content (AvgIpc) is 2.66. The van der Waals surface area contributed by atoms with E-state index in [1.54, 1.807) is 12.1 Å². The van der Waals surface area contributed by atoms with Crippen molar-refractivity contribution >= 4 is 23.5 Å². The van der Waals surface area contributed by atoms with Gasteiger partial charge in [-0.3, -0.25) is 9.59 Å². The molecule has 2 aromatic carbocycles. The molecule has 0 spiro atoms. The van der Waals surface area contributed by atoms with Crippen LogP contribution < -0.4 is 10.9 Å². The van der Waals surface area contributed by atoms with E-state index in [9.17, 15) is 14.0 Å². The van der Waals surface area contributed by atoms with Crippen molar-refractivity contribution in [3.8, 4) is 0 Å². The second-order valence-corrected chi connectivity index (χ2v) is 8.18. The summed E-state index contributed by atoms with van der Waals surface area (Å²) in [4.78, 5) is 32.5. The number of nitrogens with one attached hydrogen (secondary N) is 2. The average molecular weight is 409 g/mol. The molecule has 0 saturated carbocycles. The van der Waals surface area contributed by atoms with Crippen molar-refractivity contribution in [3.63, 3.8) is 0 Å². The number of fused-ring (bicyclic) bond motifs is 1. The topological polar surface area (TPSA) is 74.8 Å². The minimum atomic E-state index is -0.327. The number of halogens is 1. The number of H-pyrrole nitrogens is 1. The highest BCUT2D eigenvalue weighted by Gasteiger charge is 2.31. The number of thioether (sulfide) groups is 1. The van der Waals surface area contributed by atoms with Gasteiger partial charge in [-0.25, -0.2) is 9.37 Å². The number of nitrogens with zero attached hydrogens (tertiary/aromatic N) is 1. The third-order valence-electron chi connectivity index (χ3n) is 5.02. The quantitative estimate of drug-likeness (QED) is 0.498. The van der Waals surface area contributed by atoms with Crippen molar-refractivity contribution in [2.45, 2.75) is 37.1 Å². The molecule has 0 saturated heterocycles. The molecule has 29 heavy (non-hydrogen) atoms. The maximum Gasteiger partial charge on any atom is 0.257 e. The lowest BCUT2D eigenvalue weighted by Crippen LogP contribution is -2.31. The third-order valence-corrected chi connectivity index (χ3v) is 5.96. The Labute approximate surface area is 171 Å². The molecule has 1 aliphatic rings. The Hall–Kier alpha value is -2.93. The molecule has 1 atom stereocenters. The van der Waals surface area contributed by atoms with Gasteiger partial charge < -0.3 is 10.3 Å². The van der Waals surface area contributed by atoms with Crippen LogP contribution in [0.4, 0.5) is 10.2 Å². The number of carbonyl (C=O) groups is 1. The smallest absolute Gasteiger partial charge is 0.257 e. The zero-order valence-corrected chi connectivity index (χ0v) is 16.9. The predicted octanol–water partition coefficient (Wildman–Crippen LogP) is 4.29. The Morgan fingerprint density at radius 1 is 1.14 bits per heavy atom. The summed E-state index contributed by atoms with van der Waals surface area (Å²) in [6, 6.07) is 12.2. The summed E-state index contributed by atoms with van der Waals surface area (Å²) >= 11 is 1.33. The van der Waals surface area contributed by atoms with E-state index in [2.05, 4.69) is 21.4 Å². The Balaban J connectivity index is 1.66. The standard InChI is InChI=1S/C22H20FN3O2S/c1-12-3-8-16(13(2)9-12)17-10-18(27)24-20-19(17)21(28)26-22(25-20)29-11-14-4-6-15(23)7-5-14/h3-9,17H,10-11H2,1-2H3,(H2,24,25,26,27,28). The fourth-order valence-corrected chi connectivity index (χ4v) is 4.45. The number of hydrogen-bond donors (Lipinski definition) is 2. The molecule has 1 aliphatic heterocycles. The van der Waals surface area contributed by atoms with Gasteiger partial charge in [0.1, 0.15) is 11.6 Å². The van der Waals surface area contributed by atoms with Crippen LogP contribution in [0.3, 0.4) is 0 Å². The number of aromatic amines is 1. The van der Waals surface area contributed by atoms with E-state index in [-0.39, 0.29) is 29.6 Å². The maximum atomic E-state index is 13.0. The van der Waals surface area contributed by atoms with Crippen molar-refractivity contribution in [2.24, 2.45) is 0 Å². The number of carbonyl (C=O) groups excluding carboxylic acids is 1. The predicted molar refractivity (Wildman–Crippen MR) is 112 cm³/mol. The number of amides is 1. The van der Waals surface area contributed by atoms with Crippen LogP contribution in [0.15, 0.2) is 52.4 Å². The molecule has 1 unspecified atom stereocenters. The summed E-state index contributed by atoms with van der Waals surface area (Å²) in [6.45, 7) is 4.00. The summed E-state index contributed by atoms with van der Waals surface area (Å²) in [5.41, 5.74) is 4.29. The minimum absolute atomic E-state index is 0.157. The van der Waals surface area contributed by atoms with Crippen LogP contribution in [0.2, 0.25) is 0 Å². The van der Waals surface area contributed by atoms with Crippen LogP contribution >= 0.6 is 11.8 Å². The fourth-order valence-electron chi connectivity index (χ4n) is 3.63. The molecule has 2 N–H and O–H groups in total. The zero-order valence-electron chi connectivity index (χ0n) is 16.1. The minimum Gasteiger partial charge on any atom is -0.310 e. The van der Waals surface area contributed by atoms with E-state index in [4.69, 9.17) is 0 Å². The highest BCUT2D eigenvalue weighted by molar-refractivity contribution is 7.98. The Bertz CT molecular complexity index is 1140. The van der Waals surface area contributed by atoms with Crippen molar-refractivity contribution in [3.05, 3.63) is 86.5 Å². The van der Waals surface area contributed by atoms with E-state index in [0.717, 1.165) is 22.3 Å². The molecule has 0 aliphatic carbocycles. The second kappa shape index (κ2) is 7.83. The summed E-state index contributed by atoms with van der Waals surface area (Å²) in [6.07, 6.45) is 0.212. The number of anilines is 1. The largest absolute Gasteiger partial charge is 0.310 e. The van der Waals surface area contributed by atoms with Gasteiger partial charge in [0.25, 0.3) is 5.56 Å². The van der Waals surface area contributed by atoms with Crippen LogP contribution in [0.5, 0.6) is 0 Å². The lowest BCUT2D eigenvalue weighted by molar-refractivity contribution is -0.116. The molecule has 0 radical (unpaired) electrons. The molecule has 1 aromatic heterocycles. The van der Waals surface area contributed by atoms with Gasteiger partial charge >= 0.3 is 0 Å². The van der Waals surface area contributed by atoms with Crippen LogP contribution in [-0.2, 0) is 10.5 Å². The third kappa shape index (κ3) is 4.10.